The van der Waals surface area contributed by atoms with Crippen molar-refractivity contribution in [2.45, 2.75) is 30.7 Å². The highest BCUT2D eigenvalue weighted by atomic mass is 32.2. The molecule has 1 fully saturated rings. The van der Waals surface area contributed by atoms with E-state index in [0.29, 0.717) is 10.9 Å². The zero-order valence-electron chi connectivity index (χ0n) is 21.6. The Kier molecular flexibility index (Phi) is 11.1. The Labute approximate surface area is 233 Å². The second kappa shape index (κ2) is 14.7. The average Bonchev–Trinajstić information content (AvgIpc) is 2.92. The van der Waals surface area contributed by atoms with Crippen molar-refractivity contribution in [3.63, 3.8) is 0 Å². The molecule has 0 bridgehead atoms. The van der Waals surface area contributed by atoms with Gasteiger partial charge in [0.1, 0.15) is 31.2 Å². The fourth-order valence-corrected chi connectivity index (χ4v) is 4.77. The molecule has 3 rings (SSSR count). The van der Waals surface area contributed by atoms with Gasteiger partial charge in [0.2, 0.25) is 0 Å². The molecule has 12 nitrogen and oxygen atoms in total. The maximum atomic E-state index is 12.5. The van der Waals surface area contributed by atoms with Crippen molar-refractivity contribution in [3.8, 4) is 5.75 Å². The predicted molar refractivity (Wildman–Crippen MR) is 143 cm³/mol. The van der Waals surface area contributed by atoms with Crippen molar-refractivity contribution in [1.82, 2.24) is 0 Å². The summed E-state index contributed by atoms with van der Waals surface area (Å²) in [6.07, 6.45) is -3.25. The van der Waals surface area contributed by atoms with Crippen molar-refractivity contribution in [2.24, 2.45) is 0 Å². The molecule has 1 aliphatic heterocycles. The van der Waals surface area contributed by atoms with E-state index < -0.39 is 47.8 Å². The van der Waals surface area contributed by atoms with E-state index in [0.717, 1.165) is 11.8 Å². The van der Waals surface area contributed by atoms with Gasteiger partial charge in [-0.15, -0.1) is 11.8 Å². The molecule has 4 atom stereocenters. The molecule has 0 spiro atoms. The SMILES string of the molecule is C=CCOC(=O)O[C@H]1[C@H](OC(=O)OCC=C)CSC(Oc2ccc3c(C)cc(=O)oc3c2)[C@@H]1OC(=O)OCC=C. The van der Waals surface area contributed by atoms with Crippen LogP contribution in [-0.2, 0) is 28.4 Å². The molecule has 2 aromatic rings. The van der Waals surface area contributed by atoms with E-state index in [1.165, 1.54) is 30.4 Å². The number of carbonyl (C=O) groups is 3. The molecule has 1 saturated heterocycles. The van der Waals surface area contributed by atoms with Gasteiger partial charge in [0.15, 0.2) is 23.7 Å². The molecular weight excluding hydrogens is 548 g/mol. The van der Waals surface area contributed by atoms with Gasteiger partial charge >= 0.3 is 24.1 Å². The summed E-state index contributed by atoms with van der Waals surface area (Å²) in [5, 5.41) is 0.696. The van der Waals surface area contributed by atoms with E-state index in [1.807, 2.05) is 0 Å². The molecular formula is C27H28O12S. The first-order valence-electron chi connectivity index (χ1n) is 11.9. The summed E-state index contributed by atoms with van der Waals surface area (Å²) in [6, 6.07) is 6.20. The van der Waals surface area contributed by atoms with Gasteiger partial charge in [0, 0.05) is 23.3 Å². The molecule has 0 saturated carbocycles. The monoisotopic (exact) mass is 576 g/mol. The summed E-state index contributed by atoms with van der Waals surface area (Å²) in [5.74, 6) is 0.293. The van der Waals surface area contributed by atoms with E-state index in [9.17, 15) is 19.2 Å². The van der Waals surface area contributed by atoms with Crippen molar-refractivity contribution in [2.75, 3.05) is 25.6 Å². The number of ether oxygens (including phenoxy) is 7. The van der Waals surface area contributed by atoms with Gasteiger partial charge in [-0.25, -0.2) is 19.2 Å². The van der Waals surface area contributed by atoms with E-state index in [1.54, 1.807) is 19.1 Å². The third-order valence-electron chi connectivity index (χ3n) is 5.23. The predicted octanol–water partition coefficient (Wildman–Crippen LogP) is 4.68. The number of fused-ring (bicyclic) bond motifs is 1. The molecule has 1 aliphatic rings. The first-order valence-corrected chi connectivity index (χ1v) is 13.0. The number of carbonyl (C=O) groups excluding carboxylic acids is 3. The maximum absolute atomic E-state index is 12.5. The Balaban J connectivity index is 1.93. The third-order valence-corrected chi connectivity index (χ3v) is 6.44. The quantitative estimate of drug-likeness (QED) is 0.158. The largest absolute Gasteiger partial charge is 0.509 e. The van der Waals surface area contributed by atoms with Crippen molar-refractivity contribution >= 4 is 41.2 Å². The molecule has 40 heavy (non-hydrogen) atoms. The molecule has 0 radical (unpaired) electrons. The van der Waals surface area contributed by atoms with Gasteiger partial charge in [-0.2, -0.15) is 0 Å². The smallest absolute Gasteiger partial charge is 0.476 e. The number of hydrogen-bond donors (Lipinski definition) is 0. The molecule has 1 unspecified atom stereocenters. The lowest BCUT2D eigenvalue weighted by Gasteiger charge is -2.39. The van der Waals surface area contributed by atoms with Crippen LogP contribution in [0.1, 0.15) is 5.56 Å². The lowest BCUT2D eigenvalue weighted by molar-refractivity contribution is -0.118. The first kappa shape index (κ1) is 30.2. The van der Waals surface area contributed by atoms with E-state index >= 15 is 0 Å². The number of thioether (sulfide) groups is 1. The van der Waals surface area contributed by atoms with Crippen LogP contribution in [0.2, 0.25) is 0 Å². The minimum Gasteiger partial charge on any atom is -0.476 e. The van der Waals surface area contributed by atoms with E-state index in [4.69, 9.17) is 37.6 Å². The number of aryl methyl sites for hydroxylation is 1. The molecule has 0 amide bonds. The normalized spacial score (nSPS) is 19.9. The Morgan fingerprint density at radius 1 is 0.900 bits per heavy atom. The average molecular weight is 577 g/mol. The third kappa shape index (κ3) is 8.30. The van der Waals surface area contributed by atoms with Crippen LogP contribution in [0.4, 0.5) is 14.4 Å². The summed E-state index contributed by atoms with van der Waals surface area (Å²) >= 11 is 1.10. The van der Waals surface area contributed by atoms with Crippen LogP contribution in [0.3, 0.4) is 0 Å². The zero-order valence-corrected chi connectivity index (χ0v) is 22.4. The molecule has 2 heterocycles. The fourth-order valence-electron chi connectivity index (χ4n) is 3.55. The minimum atomic E-state index is -1.41. The van der Waals surface area contributed by atoms with Crippen LogP contribution >= 0.6 is 11.8 Å². The zero-order chi connectivity index (χ0) is 29.1. The summed E-state index contributed by atoms with van der Waals surface area (Å²) in [4.78, 5) is 48.9. The van der Waals surface area contributed by atoms with E-state index in [2.05, 4.69) is 19.7 Å². The van der Waals surface area contributed by atoms with Crippen LogP contribution < -0.4 is 10.4 Å². The van der Waals surface area contributed by atoms with Gasteiger partial charge in [-0.05, 0) is 24.6 Å². The topological polar surface area (TPSA) is 146 Å². The number of rotatable bonds is 11. The molecule has 1 aromatic carbocycles. The molecule has 0 N–H and O–H groups in total. The van der Waals surface area contributed by atoms with Crippen molar-refractivity contribution in [1.29, 1.82) is 0 Å². The number of hydrogen-bond acceptors (Lipinski definition) is 13. The van der Waals surface area contributed by atoms with Crippen LogP contribution in [0.15, 0.2) is 71.4 Å². The highest BCUT2D eigenvalue weighted by Gasteiger charge is 2.49. The Hall–Kier alpha value is -4.39. The Bertz CT molecular complexity index is 1300. The van der Waals surface area contributed by atoms with Gasteiger partial charge in [0.05, 0.1) is 0 Å². The molecule has 0 aliphatic carbocycles. The number of benzene rings is 1. The van der Waals surface area contributed by atoms with Gasteiger partial charge in [-0.3, -0.25) is 0 Å². The molecule has 1 aromatic heterocycles. The summed E-state index contributed by atoms with van der Waals surface area (Å²) in [7, 11) is 0. The maximum Gasteiger partial charge on any atom is 0.509 e. The lowest BCUT2D eigenvalue weighted by atomic mass is 10.1. The van der Waals surface area contributed by atoms with Crippen LogP contribution in [0.5, 0.6) is 5.75 Å². The van der Waals surface area contributed by atoms with Crippen molar-refractivity contribution in [3.05, 3.63) is 78.2 Å². The Morgan fingerprint density at radius 2 is 1.48 bits per heavy atom. The second-order valence-electron chi connectivity index (χ2n) is 8.10. The highest BCUT2D eigenvalue weighted by molar-refractivity contribution is 7.99. The van der Waals surface area contributed by atoms with Crippen LogP contribution in [-0.4, -0.2) is 67.8 Å². The summed E-state index contributed by atoms with van der Waals surface area (Å²) in [5.41, 5.74) is -0.550. The minimum absolute atomic E-state index is 0.0383. The van der Waals surface area contributed by atoms with E-state index in [-0.39, 0.29) is 36.9 Å². The highest BCUT2D eigenvalue weighted by Crippen LogP contribution is 2.35. The van der Waals surface area contributed by atoms with Gasteiger partial charge in [0.25, 0.3) is 0 Å². The Morgan fingerprint density at radius 3 is 2.08 bits per heavy atom. The first-order chi connectivity index (χ1) is 19.2. The lowest BCUT2D eigenvalue weighted by Crippen LogP contribution is -2.56. The van der Waals surface area contributed by atoms with Crippen molar-refractivity contribution < 1.29 is 52.0 Å². The van der Waals surface area contributed by atoms with Crippen LogP contribution in [0, 0.1) is 6.92 Å². The van der Waals surface area contributed by atoms with Crippen LogP contribution in [0.25, 0.3) is 11.0 Å². The second-order valence-corrected chi connectivity index (χ2v) is 9.23. The molecule has 13 heteroatoms. The summed E-state index contributed by atoms with van der Waals surface area (Å²) in [6.45, 7) is 11.7. The van der Waals surface area contributed by atoms with Gasteiger partial charge in [-0.1, -0.05) is 38.0 Å². The standard InChI is InChI=1S/C27H28O12S/c1-5-10-32-25(29)37-20-15-40-24(35-17-8-9-18-16(4)13-21(28)36-19(18)14-17)23(39-27(31)34-12-7-3)22(20)38-26(30)33-11-6-2/h5-9,13-14,20,22-24H,1-3,10-12,15H2,4H3/t20-,22+,23-,24?/m1/s1. The van der Waals surface area contributed by atoms with Gasteiger partial charge < -0.3 is 37.6 Å². The molecule has 214 valence electrons. The fraction of sp³-hybridized carbons (Fsp3) is 0.333. The summed E-state index contributed by atoms with van der Waals surface area (Å²) < 4.78 is 42.4.